The highest BCUT2D eigenvalue weighted by Gasteiger charge is 2.32. The van der Waals surface area contributed by atoms with E-state index in [-0.39, 0.29) is 11.2 Å². The molecule has 2 aromatic carbocycles. The Morgan fingerprint density at radius 3 is 2.66 bits per heavy atom. The van der Waals surface area contributed by atoms with Crippen molar-refractivity contribution in [1.29, 1.82) is 0 Å². The highest BCUT2D eigenvalue weighted by atomic mass is 19.1. The molecular formula is C28H37FN3. The Labute approximate surface area is 192 Å². The summed E-state index contributed by atoms with van der Waals surface area (Å²) in [6.07, 6.45) is 4.21. The summed E-state index contributed by atoms with van der Waals surface area (Å²) in [5.74, 6) is 3.56. The molecule has 1 radical (unpaired) electrons. The third-order valence-corrected chi connectivity index (χ3v) is 7.23. The summed E-state index contributed by atoms with van der Waals surface area (Å²) in [4.78, 5) is 10.8. The first-order valence-electron chi connectivity index (χ1n) is 12.0. The van der Waals surface area contributed by atoms with E-state index in [1.807, 2.05) is 18.2 Å². The molecular weight excluding hydrogens is 397 g/mol. The molecule has 1 aliphatic rings. The SMILES string of the molecule is CC(C)[C@@H]1[C](CCN(C)CCC(C)(C)c2nc3ccccc3[nH]2)CCc2cc(F)ccc21. The number of halogens is 1. The molecule has 0 spiro atoms. The topological polar surface area (TPSA) is 31.9 Å². The van der Waals surface area contributed by atoms with Crippen molar-refractivity contribution >= 4 is 11.0 Å². The molecule has 0 aliphatic heterocycles. The minimum atomic E-state index is -0.110. The Balaban J connectivity index is 1.35. The molecule has 0 fully saturated rings. The molecule has 1 heterocycles. The lowest BCUT2D eigenvalue weighted by atomic mass is 9.69. The lowest BCUT2D eigenvalue weighted by molar-refractivity contribution is 0.281. The third kappa shape index (κ3) is 4.91. The van der Waals surface area contributed by atoms with E-state index in [0.717, 1.165) is 55.6 Å². The molecule has 4 heteroatoms. The van der Waals surface area contributed by atoms with E-state index >= 15 is 0 Å². The minimum Gasteiger partial charge on any atom is -0.342 e. The van der Waals surface area contributed by atoms with Crippen LogP contribution in [-0.2, 0) is 11.8 Å². The van der Waals surface area contributed by atoms with Crippen LogP contribution in [0.25, 0.3) is 11.0 Å². The zero-order chi connectivity index (χ0) is 22.9. The van der Waals surface area contributed by atoms with E-state index in [1.165, 1.54) is 11.1 Å². The Hall–Kier alpha value is -2.20. The average molecular weight is 435 g/mol. The van der Waals surface area contributed by atoms with Gasteiger partial charge in [-0.1, -0.05) is 45.9 Å². The molecule has 3 aromatic rings. The number of imidazole rings is 1. The number of H-pyrrole nitrogens is 1. The molecule has 0 bridgehead atoms. The zero-order valence-electron chi connectivity index (χ0n) is 20.2. The number of aryl methyl sites for hydroxylation is 1. The fourth-order valence-electron chi connectivity index (χ4n) is 5.18. The smallest absolute Gasteiger partial charge is 0.123 e. The summed E-state index contributed by atoms with van der Waals surface area (Å²) in [6.45, 7) is 11.2. The van der Waals surface area contributed by atoms with Gasteiger partial charge in [-0.05, 0) is 99.0 Å². The first-order valence-corrected chi connectivity index (χ1v) is 12.0. The lowest BCUT2D eigenvalue weighted by Gasteiger charge is -2.37. The number of aromatic amines is 1. The van der Waals surface area contributed by atoms with Crippen molar-refractivity contribution in [1.82, 2.24) is 14.9 Å². The second-order valence-corrected chi connectivity index (χ2v) is 10.5. The average Bonchev–Trinajstić information content (AvgIpc) is 3.21. The Morgan fingerprint density at radius 1 is 1.12 bits per heavy atom. The second kappa shape index (κ2) is 9.35. The van der Waals surface area contributed by atoms with Crippen LogP contribution in [0.5, 0.6) is 0 Å². The van der Waals surface area contributed by atoms with Gasteiger partial charge < -0.3 is 9.88 Å². The van der Waals surface area contributed by atoms with Gasteiger partial charge in [0.05, 0.1) is 11.0 Å². The van der Waals surface area contributed by atoms with Crippen LogP contribution < -0.4 is 0 Å². The van der Waals surface area contributed by atoms with Gasteiger partial charge in [0.1, 0.15) is 11.6 Å². The van der Waals surface area contributed by atoms with Gasteiger partial charge in [-0.25, -0.2) is 9.37 Å². The summed E-state index contributed by atoms with van der Waals surface area (Å²) >= 11 is 0. The maximum atomic E-state index is 13.7. The van der Waals surface area contributed by atoms with E-state index in [1.54, 1.807) is 18.1 Å². The number of nitrogens with one attached hydrogen (secondary N) is 1. The van der Waals surface area contributed by atoms with Gasteiger partial charge >= 0.3 is 0 Å². The van der Waals surface area contributed by atoms with Crippen molar-refractivity contribution in [3.05, 3.63) is 71.2 Å². The highest BCUT2D eigenvalue weighted by Crippen LogP contribution is 2.44. The van der Waals surface area contributed by atoms with E-state index in [4.69, 9.17) is 4.98 Å². The lowest BCUT2D eigenvalue weighted by Crippen LogP contribution is -2.31. The number of benzene rings is 2. The van der Waals surface area contributed by atoms with E-state index in [9.17, 15) is 4.39 Å². The molecule has 0 saturated carbocycles. The van der Waals surface area contributed by atoms with Crippen LogP contribution in [0.15, 0.2) is 42.5 Å². The largest absolute Gasteiger partial charge is 0.342 e. The van der Waals surface area contributed by atoms with Gasteiger partial charge in [0, 0.05) is 5.41 Å². The molecule has 3 nitrogen and oxygen atoms in total. The first-order chi connectivity index (χ1) is 15.2. The van der Waals surface area contributed by atoms with Gasteiger partial charge in [-0.15, -0.1) is 0 Å². The van der Waals surface area contributed by atoms with Crippen molar-refractivity contribution in [3.63, 3.8) is 0 Å². The van der Waals surface area contributed by atoms with Crippen LogP contribution in [0.2, 0.25) is 0 Å². The predicted molar refractivity (Wildman–Crippen MR) is 131 cm³/mol. The quantitative estimate of drug-likeness (QED) is 0.430. The number of para-hydroxylation sites is 2. The molecule has 171 valence electrons. The van der Waals surface area contributed by atoms with Crippen molar-refractivity contribution in [2.45, 2.75) is 64.7 Å². The highest BCUT2D eigenvalue weighted by molar-refractivity contribution is 5.74. The van der Waals surface area contributed by atoms with Gasteiger partial charge in [0.15, 0.2) is 0 Å². The molecule has 0 unspecified atom stereocenters. The number of hydrogen-bond donors (Lipinski definition) is 1. The summed E-state index contributed by atoms with van der Waals surface area (Å²) in [5, 5.41) is 0. The number of nitrogens with zero attached hydrogens (tertiary/aromatic N) is 2. The van der Waals surface area contributed by atoms with Crippen LogP contribution in [0.1, 0.15) is 69.8 Å². The molecule has 1 N–H and O–H groups in total. The third-order valence-electron chi connectivity index (χ3n) is 7.23. The van der Waals surface area contributed by atoms with Gasteiger partial charge in [-0.2, -0.15) is 0 Å². The standard InChI is InChI=1S/C28H37FN3/c1-19(2)26-20(10-11-21-18-22(29)12-13-23(21)26)14-16-32(5)17-15-28(3,4)27-30-24-8-6-7-9-25(24)31-27/h6-9,12-13,18-19,26H,10-11,14-17H2,1-5H3,(H,30,31)/t26-/m1/s1. The monoisotopic (exact) mass is 434 g/mol. The fraction of sp³-hybridized carbons (Fsp3) is 0.500. The fourth-order valence-corrected chi connectivity index (χ4v) is 5.18. The molecule has 32 heavy (non-hydrogen) atoms. The molecule has 0 saturated heterocycles. The predicted octanol–water partition coefficient (Wildman–Crippen LogP) is 6.65. The number of hydrogen-bond acceptors (Lipinski definition) is 2. The van der Waals surface area contributed by atoms with Gasteiger partial charge in [0.2, 0.25) is 0 Å². The maximum Gasteiger partial charge on any atom is 0.123 e. The van der Waals surface area contributed by atoms with Gasteiger partial charge in [0.25, 0.3) is 0 Å². The maximum absolute atomic E-state index is 13.7. The Bertz CT molecular complexity index is 1020. The Kier molecular flexibility index (Phi) is 6.71. The summed E-state index contributed by atoms with van der Waals surface area (Å²) in [7, 11) is 2.23. The summed E-state index contributed by atoms with van der Waals surface area (Å²) < 4.78 is 13.7. The van der Waals surface area contributed by atoms with Crippen molar-refractivity contribution in [2.24, 2.45) is 5.92 Å². The minimum absolute atomic E-state index is 0.00522. The van der Waals surface area contributed by atoms with E-state index in [2.05, 4.69) is 56.8 Å². The van der Waals surface area contributed by atoms with Crippen molar-refractivity contribution in [3.8, 4) is 0 Å². The molecule has 1 aliphatic carbocycles. The van der Waals surface area contributed by atoms with Crippen LogP contribution in [0.4, 0.5) is 4.39 Å². The van der Waals surface area contributed by atoms with Crippen LogP contribution in [0.3, 0.4) is 0 Å². The van der Waals surface area contributed by atoms with E-state index < -0.39 is 0 Å². The number of aromatic nitrogens is 2. The normalized spacial score (nSPS) is 17.4. The molecule has 0 amide bonds. The van der Waals surface area contributed by atoms with Crippen LogP contribution in [-0.4, -0.2) is 35.0 Å². The van der Waals surface area contributed by atoms with Gasteiger partial charge in [-0.3, -0.25) is 0 Å². The zero-order valence-corrected chi connectivity index (χ0v) is 20.2. The van der Waals surface area contributed by atoms with E-state index in [0.29, 0.717) is 11.8 Å². The molecule has 4 rings (SSSR count). The molecule has 1 atom stereocenters. The first kappa shape index (κ1) is 23.0. The summed E-state index contributed by atoms with van der Waals surface area (Å²) in [5.41, 5.74) is 4.69. The van der Waals surface area contributed by atoms with Crippen molar-refractivity contribution < 1.29 is 4.39 Å². The summed E-state index contributed by atoms with van der Waals surface area (Å²) in [6, 6.07) is 13.6. The molecule has 1 aromatic heterocycles. The number of fused-ring (bicyclic) bond motifs is 2. The van der Waals surface area contributed by atoms with Crippen LogP contribution in [0, 0.1) is 17.7 Å². The Morgan fingerprint density at radius 2 is 1.91 bits per heavy atom. The van der Waals surface area contributed by atoms with Crippen molar-refractivity contribution in [2.75, 3.05) is 20.1 Å². The second-order valence-electron chi connectivity index (χ2n) is 10.5. The van der Waals surface area contributed by atoms with Crippen LogP contribution >= 0.6 is 0 Å². The number of rotatable bonds is 8.